The maximum atomic E-state index is 12.9. The lowest BCUT2D eigenvalue weighted by atomic mass is 9.84. The van der Waals surface area contributed by atoms with E-state index in [0.717, 1.165) is 21.6 Å². The average molecular weight is 500 g/mol. The van der Waals surface area contributed by atoms with Crippen LogP contribution in [0.4, 0.5) is 0 Å². The molecule has 0 saturated carbocycles. The van der Waals surface area contributed by atoms with Crippen molar-refractivity contribution in [2.45, 2.75) is 23.1 Å². The van der Waals surface area contributed by atoms with Crippen LogP contribution in [0.5, 0.6) is 0 Å². The molecule has 2 heterocycles. The molecule has 3 unspecified atom stereocenters. The zero-order valence-electron chi connectivity index (χ0n) is 19.2. The van der Waals surface area contributed by atoms with E-state index in [-0.39, 0.29) is 11.3 Å². The van der Waals surface area contributed by atoms with Crippen LogP contribution in [-0.2, 0) is 19.1 Å². The van der Waals surface area contributed by atoms with Gasteiger partial charge in [0.1, 0.15) is 5.92 Å². The van der Waals surface area contributed by atoms with E-state index in [1.807, 2.05) is 72.1 Å². The predicted molar refractivity (Wildman–Crippen MR) is 141 cm³/mol. The number of carbonyl (C=O) groups excluding carboxylic acids is 2. The Morgan fingerprint density at radius 3 is 1.77 bits per heavy atom. The van der Waals surface area contributed by atoms with Crippen molar-refractivity contribution in [2.24, 2.45) is 5.92 Å². The summed E-state index contributed by atoms with van der Waals surface area (Å²) < 4.78 is 5.14. The standard InChI is InChI=1S/C29H25NO3S2/c1-20(31)33-26(24-18-11-19-34-24)25-27(32)30-28(25)35-29(21-12-5-2-6-13-21,22-14-7-3-8-15-22)23-16-9-4-10-17-23/h2-19,25-26,28H,1H3,(H,30,32). The van der Waals surface area contributed by atoms with Gasteiger partial charge in [0.15, 0.2) is 6.10 Å². The molecular weight excluding hydrogens is 474 g/mol. The van der Waals surface area contributed by atoms with Crippen LogP contribution in [-0.4, -0.2) is 17.3 Å². The van der Waals surface area contributed by atoms with Gasteiger partial charge in [0.2, 0.25) is 5.91 Å². The first-order valence-corrected chi connectivity index (χ1v) is 13.2. The first-order chi connectivity index (χ1) is 17.1. The summed E-state index contributed by atoms with van der Waals surface area (Å²) in [5.74, 6) is -1.00. The molecule has 35 heavy (non-hydrogen) atoms. The molecular formula is C29H25NO3S2. The van der Waals surface area contributed by atoms with E-state index in [4.69, 9.17) is 4.74 Å². The van der Waals surface area contributed by atoms with Gasteiger partial charge < -0.3 is 10.1 Å². The van der Waals surface area contributed by atoms with Crippen molar-refractivity contribution in [1.29, 1.82) is 0 Å². The number of hydrogen-bond acceptors (Lipinski definition) is 5. The Bertz CT molecular complexity index is 1180. The van der Waals surface area contributed by atoms with Crippen LogP contribution in [0, 0.1) is 5.92 Å². The minimum absolute atomic E-state index is 0.106. The molecule has 1 aliphatic rings. The molecule has 0 aliphatic carbocycles. The lowest BCUT2D eigenvalue weighted by Gasteiger charge is -2.46. The number of benzene rings is 3. The summed E-state index contributed by atoms with van der Waals surface area (Å²) in [6, 6.07) is 34.9. The van der Waals surface area contributed by atoms with E-state index in [0.29, 0.717) is 0 Å². The highest BCUT2D eigenvalue weighted by atomic mass is 32.2. The van der Waals surface area contributed by atoms with Crippen molar-refractivity contribution in [1.82, 2.24) is 5.32 Å². The highest BCUT2D eigenvalue weighted by Gasteiger charge is 2.52. The number of esters is 1. The number of thiophene rings is 1. The predicted octanol–water partition coefficient (Wildman–Crippen LogP) is 6.15. The van der Waals surface area contributed by atoms with Gasteiger partial charge in [-0.3, -0.25) is 9.59 Å². The molecule has 1 fully saturated rings. The molecule has 176 valence electrons. The summed E-state index contributed by atoms with van der Waals surface area (Å²) in [4.78, 5) is 25.8. The Balaban J connectivity index is 1.63. The third-order valence-corrected chi connectivity index (χ3v) is 8.86. The van der Waals surface area contributed by atoms with Gasteiger partial charge in [-0.25, -0.2) is 0 Å². The fraction of sp³-hybridized carbons (Fsp3) is 0.172. The first-order valence-electron chi connectivity index (χ1n) is 11.4. The number of carbonyl (C=O) groups is 2. The summed E-state index contributed by atoms with van der Waals surface area (Å²) in [5.41, 5.74) is 3.34. The third-order valence-electron chi connectivity index (χ3n) is 6.20. The van der Waals surface area contributed by atoms with Gasteiger partial charge in [-0.2, -0.15) is 0 Å². The second-order valence-corrected chi connectivity index (χ2v) is 10.7. The first kappa shape index (κ1) is 23.4. The highest BCUT2D eigenvalue weighted by molar-refractivity contribution is 8.01. The van der Waals surface area contributed by atoms with Gasteiger partial charge in [0, 0.05) is 11.8 Å². The van der Waals surface area contributed by atoms with E-state index >= 15 is 0 Å². The van der Waals surface area contributed by atoms with E-state index in [1.165, 1.54) is 18.3 Å². The summed E-state index contributed by atoms with van der Waals surface area (Å²) >= 11 is 3.18. The van der Waals surface area contributed by atoms with E-state index < -0.39 is 22.7 Å². The smallest absolute Gasteiger partial charge is 0.303 e. The number of amides is 1. The molecule has 1 saturated heterocycles. The third kappa shape index (κ3) is 4.51. The van der Waals surface area contributed by atoms with E-state index in [1.54, 1.807) is 11.8 Å². The maximum absolute atomic E-state index is 12.9. The van der Waals surface area contributed by atoms with Gasteiger partial charge >= 0.3 is 5.97 Å². The van der Waals surface area contributed by atoms with Gasteiger partial charge in [0.05, 0.1) is 10.1 Å². The van der Waals surface area contributed by atoms with Crippen molar-refractivity contribution in [3.63, 3.8) is 0 Å². The monoisotopic (exact) mass is 499 g/mol. The molecule has 6 heteroatoms. The van der Waals surface area contributed by atoms with Crippen molar-refractivity contribution < 1.29 is 14.3 Å². The van der Waals surface area contributed by atoms with Crippen LogP contribution in [0.2, 0.25) is 0 Å². The quantitative estimate of drug-likeness (QED) is 0.179. The fourth-order valence-corrected chi connectivity index (χ4v) is 7.21. The number of ether oxygens (including phenoxy) is 1. The van der Waals surface area contributed by atoms with Crippen molar-refractivity contribution in [3.8, 4) is 0 Å². The Labute approximate surface area is 213 Å². The summed E-state index contributed by atoms with van der Waals surface area (Å²) in [6.45, 7) is 1.39. The largest absolute Gasteiger partial charge is 0.456 e. The second-order valence-electron chi connectivity index (χ2n) is 8.40. The molecule has 1 aliphatic heterocycles. The van der Waals surface area contributed by atoms with Gasteiger partial charge in [-0.05, 0) is 28.1 Å². The number of rotatable bonds is 8. The molecule has 3 atom stereocenters. The molecule has 0 spiro atoms. The molecule has 1 aromatic heterocycles. The molecule has 4 aromatic rings. The summed E-state index contributed by atoms with van der Waals surface area (Å²) in [7, 11) is 0. The van der Waals surface area contributed by atoms with Gasteiger partial charge in [-0.15, -0.1) is 23.1 Å². The average Bonchev–Trinajstić information content (AvgIpc) is 3.42. The van der Waals surface area contributed by atoms with Gasteiger partial charge in [0.25, 0.3) is 0 Å². The number of β-lactam (4-membered cyclic amide) rings is 1. The lowest BCUT2D eigenvalue weighted by molar-refractivity contribution is -0.156. The molecule has 0 bridgehead atoms. The maximum Gasteiger partial charge on any atom is 0.303 e. The summed E-state index contributed by atoms with van der Waals surface area (Å²) in [6.07, 6.45) is -0.626. The summed E-state index contributed by atoms with van der Waals surface area (Å²) in [5, 5.41) is 4.78. The van der Waals surface area contributed by atoms with Crippen LogP contribution in [0.1, 0.15) is 34.6 Å². The van der Waals surface area contributed by atoms with Crippen LogP contribution in [0.3, 0.4) is 0 Å². The SMILES string of the molecule is CC(=O)OC(c1cccs1)C1C(=O)NC1SC(c1ccccc1)(c1ccccc1)c1ccccc1. The highest BCUT2D eigenvalue weighted by Crippen LogP contribution is 2.54. The molecule has 1 N–H and O–H groups in total. The Hall–Kier alpha value is -3.35. The Morgan fingerprint density at radius 1 is 0.857 bits per heavy atom. The number of thioether (sulfide) groups is 1. The zero-order valence-corrected chi connectivity index (χ0v) is 20.8. The minimum Gasteiger partial charge on any atom is -0.456 e. The molecule has 4 nitrogen and oxygen atoms in total. The van der Waals surface area contributed by atoms with Crippen molar-refractivity contribution >= 4 is 35.0 Å². The fourth-order valence-electron chi connectivity index (χ4n) is 4.62. The topological polar surface area (TPSA) is 55.4 Å². The number of nitrogens with one attached hydrogen (secondary N) is 1. The minimum atomic E-state index is -0.626. The van der Waals surface area contributed by atoms with Crippen molar-refractivity contribution in [3.05, 3.63) is 130 Å². The van der Waals surface area contributed by atoms with Crippen LogP contribution < -0.4 is 5.32 Å². The molecule has 0 radical (unpaired) electrons. The zero-order chi connectivity index (χ0) is 24.3. The lowest BCUT2D eigenvalue weighted by Crippen LogP contribution is -2.60. The normalized spacial score (nSPS) is 18.3. The number of hydrogen-bond donors (Lipinski definition) is 1. The Kier molecular flexibility index (Phi) is 6.75. The van der Waals surface area contributed by atoms with Crippen molar-refractivity contribution in [2.75, 3.05) is 0 Å². The molecule has 1 amide bonds. The van der Waals surface area contributed by atoms with Crippen LogP contribution >= 0.6 is 23.1 Å². The van der Waals surface area contributed by atoms with Crippen LogP contribution in [0.25, 0.3) is 0 Å². The molecule has 3 aromatic carbocycles. The van der Waals surface area contributed by atoms with E-state index in [2.05, 4.69) is 41.7 Å². The van der Waals surface area contributed by atoms with E-state index in [9.17, 15) is 9.59 Å². The molecule has 5 rings (SSSR count). The van der Waals surface area contributed by atoms with Crippen LogP contribution in [0.15, 0.2) is 109 Å². The van der Waals surface area contributed by atoms with Gasteiger partial charge in [-0.1, -0.05) is 97.1 Å². The Morgan fingerprint density at radius 2 is 1.37 bits per heavy atom. The second kappa shape index (κ2) is 10.1.